The largest absolute Gasteiger partial charge is 0.483 e. The Morgan fingerprint density at radius 2 is 1.67 bits per heavy atom. The second kappa shape index (κ2) is 11.7. The van der Waals surface area contributed by atoms with Gasteiger partial charge >= 0.3 is 0 Å². The van der Waals surface area contributed by atoms with Gasteiger partial charge < -0.3 is 10.1 Å². The van der Waals surface area contributed by atoms with Gasteiger partial charge in [0.05, 0.1) is 9.59 Å². The van der Waals surface area contributed by atoms with E-state index in [4.69, 9.17) is 16.3 Å². The number of para-hydroxylation sites is 1. The Hall–Kier alpha value is -2.49. The van der Waals surface area contributed by atoms with Gasteiger partial charge in [0.15, 0.2) is 27.2 Å². The highest BCUT2D eigenvalue weighted by molar-refractivity contribution is 7.94. The van der Waals surface area contributed by atoms with Gasteiger partial charge in [-0.05, 0) is 61.1 Å². The molecule has 0 bridgehead atoms. The van der Waals surface area contributed by atoms with Crippen molar-refractivity contribution in [2.24, 2.45) is 5.92 Å². The third-order valence-corrected chi connectivity index (χ3v) is 10.4. The zero-order valence-electron chi connectivity index (χ0n) is 19.4. The maximum Gasteiger partial charge on any atom is 0.223 e. The first-order chi connectivity index (χ1) is 17.2. The van der Waals surface area contributed by atoms with E-state index in [1.807, 2.05) is 12.1 Å². The summed E-state index contributed by atoms with van der Waals surface area (Å²) in [7, 11) is -3.45. The SMILES string of the molecule is O=C(NCc1ccc(COc2c(F)cccc2F)cc1)[C@@H]1CCCC(S(=O)(=O)c2ccc(Cl)s2)CC1. The molecule has 1 aliphatic carbocycles. The quantitative estimate of drug-likeness (QED) is 0.332. The van der Waals surface area contributed by atoms with Crippen molar-refractivity contribution in [2.75, 3.05) is 0 Å². The minimum atomic E-state index is -3.45. The number of rotatable bonds is 8. The molecule has 1 heterocycles. The molecular weight excluding hydrogens is 528 g/mol. The lowest BCUT2D eigenvalue weighted by Gasteiger charge is -2.16. The van der Waals surface area contributed by atoms with Crippen molar-refractivity contribution in [1.29, 1.82) is 0 Å². The molecule has 1 unspecified atom stereocenters. The molecule has 36 heavy (non-hydrogen) atoms. The average molecular weight is 554 g/mol. The van der Waals surface area contributed by atoms with Crippen molar-refractivity contribution in [2.45, 2.75) is 54.7 Å². The molecular formula is C26H26ClF2NO4S2. The molecule has 2 aromatic carbocycles. The highest BCUT2D eigenvalue weighted by Gasteiger charge is 2.33. The van der Waals surface area contributed by atoms with Crippen LogP contribution in [0.1, 0.15) is 43.2 Å². The van der Waals surface area contributed by atoms with E-state index in [1.165, 1.54) is 6.07 Å². The summed E-state index contributed by atoms with van der Waals surface area (Å²) in [4.78, 5) is 12.8. The number of carbonyl (C=O) groups excluding carboxylic acids is 1. The highest BCUT2D eigenvalue weighted by Crippen LogP contribution is 2.34. The van der Waals surface area contributed by atoms with E-state index in [0.29, 0.717) is 43.0 Å². The fourth-order valence-corrected chi connectivity index (χ4v) is 7.88. The standard InChI is InChI=1S/C26H26ClF2NO4S2/c27-23-13-14-24(35-23)36(32,33)20-4-1-3-19(11-12-20)26(31)30-15-17-7-9-18(10-8-17)16-34-25-21(28)5-2-6-22(25)29/h2,5-10,13-14,19-20H,1,3-4,11-12,15-16H2,(H,30,31)/t19-,20?/m1/s1. The number of sulfone groups is 1. The Kier molecular flexibility index (Phi) is 8.64. The molecule has 1 amide bonds. The van der Waals surface area contributed by atoms with Crippen LogP contribution in [0.5, 0.6) is 5.75 Å². The average Bonchev–Trinajstić information content (AvgIpc) is 3.15. The van der Waals surface area contributed by atoms with Gasteiger partial charge in [-0.15, -0.1) is 11.3 Å². The number of carbonyl (C=O) groups is 1. The molecule has 3 aromatic rings. The maximum absolute atomic E-state index is 13.7. The second-order valence-electron chi connectivity index (χ2n) is 8.80. The van der Waals surface area contributed by atoms with E-state index in [-0.39, 0.29) is 22.6 Å². The van der Waals surface area contributed by atoms with Crippen LogP contribution in [0.2, 0.25) is 4.34 Å². The van der Waals surface area contributed by atoms with Crippen LogP contribution in [0.3, 0.4) is 0 Å². The van der Waals surface area contributed by atoms with E-state index in [2.05, 4.69) is 5.32 Å². The Morgan fingerprint density at radius 1 is 0.972 bits per heavy atom. The van der Waals surface area contributed by atoms with E-state index in [0.717, 1.165) is 34.6 Å². The number of hydrogen-bond donors (Lipinski definition) is 1. The fourth-order valence-electron chi connectivity index (χ4n) is 4.32. The van der Waals surface area contributed by atoms with Gasteiger partial charge in [-0.3, -0.25) is 4.79 Å². The third kappa shape index (κ3) is 6.44. The Morgan fingerprint density at radius 3 is 2.33 bits per heavy atom. The van der Waals surface area contributed by atoms with Crippen molar-refractivity contribution < 1.29 is 26.7 Å². The van der Waals surface area contributed by atoms with Crippen LogP contribution in [-0.2, 0) is 27.8 Å². The topological polar surface area (TPSA) is 72.5 Å². The molecule has 4 rings (SSSR count). The smallest absolute Gasteiger partial charge is 0.223 e. The Balaban J connectivity index is 1.26. The highest BCUT2D eigenvalue weighted by atomic mass is 35.5. The first-order valence-corrected chi connectivity index (χ1v) is 14.4. The third-order valence-electron chi connectivity index (χ3n) is 6.35. The molecule has 1 fully saturated rings. The molecule has 1 saturated carbocycles. The zero-order valence-corrected chi connectivity index (χ0v) is 21.8. The number of hydrogen-bond acceptors (Lipinski definition) is 5. The van der Waals surface area contributed by atoms with Gasteiger partial charge in [0.25, 0.3) is 0 Å². The van der Waals surface area contributed by atoms with Gasteiger partial charge in [-0.1, -0.05) is 48.4 Å². The lowest BCUT2D eigenvalue weighted by molar-refractivity contribution is -0.125. The van der Waals surface area contributed by atoms with Crippen LogP contribution in [-0.4, -0.2) is 19.6 Å². The van der Waals surface area contributed by atoms with Crippen LogP contribution in [0.15, 0.2) is 58.8 Å². The van der Waals surface area contributed by atoms with E-state index in [1.54, 1.807) is 24.3 Å². The molecule has 1 aromatic heterocycles. The Bertz CT molecular complexity index is 1290. The lowest BCUT2D eigenvalue weighted by Crippen LogP contribution is -2.30. The zero-order chi connectivity index (χ0) is 25.7. The minimum Gasteiger partial charge on any atom is -0.483 e. The number of nitrogens with one attached hydrogen (secondary N) is 1. The fraction of sp³-hybridized carbons (Fsp3) is 0.346. The normalized spacial score (nSPS) is 18.4. The van der Waals surface area contributed by atoms with Gasteiger partial charge in [0, 0.05) is 12.5 Å². The van der Waals surface area contributed by atoms with Gasteiger partial charge in [0.2, 0.25) is 5.91 Å². The second-order valence-corrected chi connectivity index (χ2v) is 13.0. The van der Waals surface area contributed by atoms with Crippen LogP contribution in [0.25, 0.3) is 0 Å². The molecule has 1 aliphatic rings. The summed E-state index contributed by atoms with van der Waals surface area (Å²) in [5.74, 6) is -2.25. The summed E-state index contributed by atoms with van der Waals surface area (Å²) >= 11 is 6.99. The molecule has 1 N–H and O–H groups in total. The van der Waals surface area contributed by atoms with Crippen molar-refractivity contribution >= 4 is 38.7 Å². The van der Waals surface area contributed by atoms with E-state index >= 15 is 0 Å². The molecule has 5 nitrogen and oxygen atoms in total. The van der Waals surface area contributed by atoms with Crippen molar-refractivity contribution in [3.63, 3.8) is 0 Å². The maximum atomic E-state index is 13.7. The number of amides is 1. The van der Waals surface area contributed by atoms with Crippen LogP contribution < -0.4 is 10.1 Å². The summed E-state index contributed by atoms with van der Waals surface area (Å²) in [6, 6.07) is 13.9. The summed E-state index contributed by atoms with van der Waals surface area (Å²) in [5.41, 5.74) is 1.60. The first-order valence-electron chi connectivity index (χ1n) is 11.7. The number of thiophene rings is 1. The minimum absolute atomic E-state index is 0.00825. The van der Waals surface area contributed by atoms with Crippen molar-refractivity contribution in [1.82, 2.24) is 5.32 Å². The van der Waals surface area contributed by atoms with Crippen LogP contribution in [0, 0.1) is 17.6 Å². The molecule has 0 aliphatic heterocycles. The number of halogens is 3. The molecule has 10 heteroatoms. The number of ether oxygens (including phenoxy) is 1. The summed E-state index contributed by atoms with van der Waals surface area (Å²) in [5, 5.41) is 2.44. The van der Waals surface area contributed by atoms with E-state index in [9.17, 15) is 22.0 Å². The lowest BCUT2D eigenvalue weighted by atomic mass is 9.99. The molecule has 0 saturated heterocycles. The summed E-state index contributed by atoms with van der Waals surface area (Å²) in [6.45, 7) is 0.335. The predicted octanol–water partition coefficient (Wildman–Crippen LogP) is 6.30. The summed E-state index contributed by atoms with van der Waals surface area (Å²) in [6.07, 6.45) is 2.79. The molecule has 2 atom stereocenters. The van der Waals surface area contributed by atoms with Crippen LogP contribution in [0.4, 0.5) is 8.78 Å². The van der Waals surface area contributed by atoms with Crippen molar-refractivity contribution in [3.8, 4) is 5.75 Å². The van der Waals surface area contributed by atoms with Crippen molar-refractivity contribution in [3.05, 3.63) is 81.7 Å². The summed E-state index contributed by atoms with van der Waals surface area (Å²) < 4.78 is 59.3. The monoisotopic (exact) mass is 553 g/mol. The van der Waals surface area contributed by atoms with Gasteiger partial charge in [-0.25, -0.2) is 17.2 Å². The molecule has 0 radical (unpaired) electrons. The molecule has 192 valence electrons. The van der Waals surface area contributed by atoms with Gasteiger partial charge in [-0.2, -0.15) is 0 Å². The molecule has 0 spiro atoms. The first kappa shape index (κ1) is 26.6. The van der Waals surface area contributed by atoms with E-state index < -0.39 is 32.5 Å². The number of benzene rings is 2. The Labute approximate surface area is 218 Å². The predicted molar refractivity (Wildman–Crippen MR) is 136 cm³/mol. The van der Waals surface area contributed by atoms with Gasteiger partial charge in [0.1, 0.15) is 10.8 Å². The van der Waals surface area contributed by atoms with Crippen LogP contribution >= 0.6 is 22.9 Å².